The van der Waals surface area contributed by atoms with E-state index in [0.29, 0.717) is 5.92 Å². The first kappa shape index (κ1) is 11.5. The van der Waals surface area contributed by atoms with E-state index in [-0.39, 0.29) is 18.5 Å². The van der Waals surface area contributed by atoms with Gasteiger partial charge in [0, 0.05) is 26.1 Å². The molecular formula is C11H16ClNO. The fraction of sp³-hybridized carbons (Fsp3) is 0.455. The Bertz CT molecular complexity index is 261. The first-order chi connectivity index (χ1) is 6.42. The molecule has 14 heavy (non-hydrogen) atoms. The van der Waals surface area contributed by atoms with E-state index in [0.717, 1.165) is 13.1 Å². The number of nitrogens with one attached hydrogen (secondary N) is 1. The lowest BCUT2D eigenvalue weighted by molar-refractivity contribution is 0.0292. The first-order valence-electron chi connectivity index (χ1n) is 4.70. The minimum absolute atomic E-state index is 0. The molecule has 1 aromatic carbocycles. The van der Waals surface area contributed by atoms with Gasteiger partial charge in [0.05, 0.1) is 6.10 Å². The molecule has 0 bridgehead atoms. The van der Waals surface area contributed by atoms with E-state index in [1.807, 2.05) is 6.07 Å². The summed E-state index contributed by atoms with van der Waals surface area (Å²) in [5, 5.41) is 3.27. The Labute approximate surface area is 91.1 Å². The van der Waals surface area contributed by atoms with Gasteiger partial charge in [-0.25, -0.2) is 0 Å². The molecule has 0 saturated carbocycles. The highest BCUT2D eigenvalue weighted by atomic mass is 35.5. The van der Waals surface area contributed by atoms with Gasteiger partial charge in [0.25, 0.3) is 0 Å². The van der Waals surface area contributed by atoms with E-state index < -0.39 is 0 Å². The van der Waals surface area contributed by atoms with Crippen LogP contribution in [-0.2, 0) is 4.74 Å². The van der Waals surface area contributed by atoms with Crippen molar-refractivity contribution in [2.24, 2.45) is 5.92 Å². The maximum atomic E-state index is 5.50. The second-order valence-electron chi connectivity index (χ2n) is 3.49. The molecule has 0 aliphatic carbocycles. The molecule has 1 saturated heterocycles. The molecule has 1 aliphatic heterocycles. The number of methoxy groups -OCH3 is 1. The molecule has 1 aliphatic rings. The van der Waals surface area contributed by atoms with Crippen molar-refractivity contribution in [2.75, 3.05) is 20.2 Å². The van der Waals surface area contributed by atoms with Crippen LogP contribution in [0.15, 0.2) is 30.3 Å². The molecule has 78 valence electrons. The largest absolute Gasteiger partial charge is 0.376 e. The van der Waals surface area contributed by atoms with Crippen molar-refractivity contribution in [3.8, 4) is 0 Å². The molecular weight excluding hydrogens is 198 g/mol. The van der Waals surface area contributed by atoms with Crippen molar-refractivity contribution in [3.05, 3.63) is 35.9 Å². The van der Waals surface area contributed by atoms with Crippen molar-refractivity contribution >= 4 is 12.4 Å². The van der Waals surface area contributed by atoms with E-state index in [1.165, 1.54) is 5.56 Å². The zero-order valence-electron chi connectivity index (χ0n) is 8.27. The molecule has 0 aromatic heterocycles. The summed E-state index contributed by atoms with van der Waals surface area (Å²) in [4.78, 5) is 0. The minimum atomic E-state index is 0. The third-order valence-electron chi connectivity index (χ3n) is 2.62. The van der Waals surface area contributed by atoms with Crippen LogP contribution in [-0.4, -0.2) is 20.2 Å². The van der Waals surface area contributed by atoms with E-state index in [4.69, 9.17) is 4.74 Å². The molecule has 1 aromatic rings. The van der Waals surface area contributed by atoms with Crippen LogP contribution >= 0.6 is 12.4 Å². The summed E-state index contributed by atoms with van der Waals surface area (Å²) >= 11 is 0. The van der Waals surface area contributed by atoms with Gasteiger partial charge in [-0.3, -0.25) is 0 Å². The lowest BCUT2D eigenvalue weighted by Crippen LogP contribution is -2.45. The van der Waals surface area contributed by atoms with Crippen molar-refractivity contribution in [2.45, 2.75) is 6.10 Å². The summed E-state index contributed by atoms with van der Waals surface area (Å²) in [6.45, 7) is 2.15. The fourth-order valence-corrected chi connectivity index (χ4v) is 1.77. The molecule has 2 nitrogen and oxygen atoms in total. The van der Waals surface area contributed by atoms with Gasteiger partial charge in [0.2, 0.25) is 0 Å². The Morgan fingerprint density at radius 1 is 1.29 bits per heavy atom. The molecule has 1 N–H and O–H groups in total. The number of hydrogen-bond acceptors (Lipinski definition) is 2. The van der Waals surface area contributed by atoms with E-state index >= 15 is 0 Å². The van der Waals surface area contributed by atoms with Crippen LogP contribution in [0, 0.1) is 5.92 Å². The molecule has 0 amide bonds. The molecule has 0 radical (unpaired) electrons. The zero-order chi connectivity index (χ0) is 9.10. The summed E-state index contributed by atoms with van der Waals surface area (Å²) in [6.07, 6.45) is 0.266. The van der Waals surface area contributed by atoms with Crippen LogP contribution in [0.2, 0.25) is 0 Å². The van der Waals surface area contributed by atoms with Crippen molar-refractivity contribution in [1.29, 1.82) is 0 Å². The maximum absolute atomic E-state index is 5.50. The van der Waals surface area contributed by atoms with Crippen LogP contribution < -0.4 is 5.32 Å². The van der Waals surface area contributed by atoms with Gasteiger partial charge in [-0.05, 0) is 5.56 Å². The highest BCUT2D eigenvalue weighted by molar-refractivity contribution is 5.85. The van der Waals surface area contributed by atoms with Gasteiger partial charge in [-0.15, -0.1) is 12.4 Å². The predicted octanol–water partition coefficient (Wildman–Crippen LogP) is 2.02. The second kappa shape index (κ2) is 5.35. The van der Waals surface area contributed by atoms with Gasteiger partial charge in [0.15, 0.2) is 0 Å². The lowest BCUT2D eigenvalue weighted by Gasteiger charge is -2.34. The average Bonchev–Trinajstić information content (AvgIpc) is 2.12. The number of hydrogen-bond donors (Lipinski definition) is 1. The van der Waals surface area contributed by atoms with Gasteiger partial charge in [-0.1, -0.05) is 30.3 Å². The molecule has 0 unspecified atom stereocenters. The summed E-state index contributed by atoms with van der Waals surface area (Å²) in [5.74, 6) is 0.646. The van der Waals surface area contributed by atoms with Crippen LogP contribution in [0.25, 0.3) is 0 Å². The number of ether oxygens (including phenoxy) is 1. The number of rotatable bonds is 3. The molecule has 0 spiro atoms. The van der Waals surface area contributed by atoms with E-state index in [1.54, 1.807) is 7.11 Å². The predicted molar refractivity (Wildman–Crippen MR) is 59.8 cm³/mol. The summed E-state index contributed by atoms with van der Waals surface area (Å²) in [7, 11) is 1.79. The second-order valence-corrected chi connectivity index (χ2v) is 3.49. The highest BCUT2D eigenvalue weighted by Gasteiger charge is 2.27. The normalized spacial score (nSPS) is 18.1. The fourth-order valence-electron chi connectivity index (χ4n) is 1.77. The topological polar surface area (TPSA) is 21.3 Å². The third kappa shape index (κ3) is 2.27. The Kier molecular flexibility index (Phi) is 4.39. The Balaban J connectivity index is 0.000000980. The summed E-state index contributed by atoms with van der Waals surface area (Å²) in [6, 6.07) is 10.4. The average molecular weight is 214 g/mol. The monoisotopic (exact) mass is 213 g/mol. The molecule has 1 atom stereocenters. The highest BCUT2D eigenvalue weighted by Crippen LogP contribution is 2.27. The smallest absolute Gasteiger partial charge is 0.0873 e. The van der Waals surface area contributed by atoms with Crippen molar-refractivity contribution < 1.29 is 4.74 Å². The quantitative estimate of drug-likeness (QED) is 0.830. The van der Waals surface area contributed by atoms with Crippen LogP contribution in [0.3, 0.4) is 0 Å². The molecule has 1 heterocycles. The Morgan fingerprint density at radius 2 is 1.93 bits per heavy atom. The van der Waals surface area contributed by atoms with Crippen LogP contribution in [0.5, 0.6) is 0 Å². The summed E-state index contributed by atoms with van der Waals surface area (Å²) < 4.78 is 5.50. The van der Waals surface area contributed by atoms with Crippen molar-refractivity contribution in [3.63, 3.8) is 0 Å². The van der Waals surface area contributed by atoms with Crippen molar-refractivity contribution in [1.82, 2.24) is 5.32 Å². The third-order valence-corrected chi connectivity index (χ3v) is 2.62. The zero-order valence-corrected chi connectivity index (χ0v) is 9.09. The minimum Gasteiger partial charge on any atom is -0.376 e. The molecule has 1 fully saturated rings. The van der Waals surface area contributed by atoms with Crippen LogP contribution in [0.1, 0.15) is 11.7 Å². The van der Waals surface area contributed by atoms with Gasteiger partial charge in [-0.2, -0.15) is 0 Å². The Morgan fingerprint density at radius 3 is 2.36 bits per heavy atom. The molecule has 3 heteroatoms. The number of benzene rings is 1. The van der Waals surface area contributed by atoms with Gasteiger partial charge in [0.1, 0.15) is 0 Å². The molecule has 2 rings (SSSR count). The number of halogens is 1. The van der Waals surface area contributed by atoms with Gasteiger partial charge >= 0.3 is 0 Å². The van der Waals surface area contributed by atoms with Gasteiger partial charge < -0.3 is 10.1 Å². The standard InChI is InChI=1S/C11H15NO.ClH/c1-13-11(10-7-12-8-10)9-5-3-2-4-6-9;/h2-6,10-12H,7-8H2,1H3;1H/t11-;/m1./s1. The SMILES string of the molecule is CO[C@H](c1ccccc1)C1CNC1.Cl. The summed E-state index contributed by atoms with van der Waals surface area (Å²) in [5.41, 5.74) is 1.29. The first-order valence-corrected chi connectivity index (χ1v) is 4.70. The maximum Gasteiger partial charge on any atom is 0.0873 e. The lowest BCUT2D eigenvalue weighted by atomic mass is 9.91. The van der Waals surface area contributed by atoms with Crippen LogP contribution in [0.4, 0.5) is 0 Å². The van der Waals surface area contributed by atoms with E-state index in [2.05, 4.69) is 29.6 Å². The Hall–Kier alpha value is -0.570. The van der Waals surface area contributed by atoms with E-state index in [9.17, 15) is 0 Å².